The minimum Gasteiger partial charge on any atom is -0.423 e. The van der Waals surface area contributed by atoms with Gasteiger partial charge in [-0.05, 0) is 29.7 Å². The summed E-state index contributed by atoms with van der Waals surface area (Å²) in [7, 11) is -1.52. The third kappa shape index (κ3) is 3.71. The summed E-state index contributed by atoms with van der Waals surface area (Å²) in [5, 5.41) is 18.5. The fourth-order valence-electron chi connectivity index (χ4n) is 2.56. The first kappa shape index (κ1) is 17.0. The quantitative estimate of drug-likeness (QED) is 0.532. The summed E-state index contributed by atoms with van der Waals surface area (Å²) in [5.41, 5.74) is 2.67. The van der Waals surface area contributed by atoms with Crippen LogP contribution in [0.15, 0.2) is 73.3 Å². The van der Waals surface area contributed by atoms with Crippen LogP contribution in [0.25, 0.3) is 34.2 Å². The van der Waals surface area contributed by atoms with E-state index in [4.69, 9.17) is 0 Å². The number of hydrogen-bond donors (Lipinski definition) is 2. The van der Waals surface area contributed by atoms with Crippen molar-refractivity contribution in [2.75, 3.05) is 0 Å². The predicted molar refractivity (Wildman–Crippen MR) is 102 cm³/mol. The normalized spacial score (nSPS) is 10.6. The SMILES string of the molecule is OB(O)c1ccc(-c2nc(-c3cccnc3)nc(-c3cccnc3)n2)cc1. The van der Waals surface area contributed by atoms with E-state index in [0.717, 1.165) is 16.7 Å². The molecule has 1 aromatic carbocycles. The van der Waals surface area contributed by atoms with E-state index in [-0.39, 0.29) is 0 Å². The fourth-order valence-corrected chi connectivity index (χ4v) is 2.56. The van der Waals surface area contributed by atoms with Crippen molar-refractivity contribution in [2.45, 2.75) is 0 Å². The van der Waals surface area contributed by atoms with Gasteiger partial charge in [0.1, 0.15) is 0 Å². The molecule has 3 heterocycles. The molecule has 0 saturated heterocycles. The molecule has 0 radical (unpaired) electrons. The molecule has 0 saturated carbocycles. The molecule has 0 amide bonds. The van der Waals surface area contributed by atoms with Crippen LogP contribution >= 0.6 is 0 Å². The molecule has 130 valence electrons. The van der Waals surface area contributed by atoms with Crippen LogP contribution in [0.2, 0.25) is 0 Å². The highest BCUT2D eigenvalue weighted by molar-refractivity contribution is 6.58. The summed E-state index contributed by atoms with van der Waals surface area (Å²) < 4.78 is 0. The molecule has 4 aromatic rings. The smallest absolute Gasteiger partial charge is 0.423 e. The largest absolute Gasteiger partial charge is 0.488 e. The second kappa shape index (κ2) is 7.41. The minimum atomic E-state index is -1.52. The fraction of sp³-hybridized carbons (Fsp3) is 0. The lowest BCUT2D eigenvalue weighted by Gasteiger charge is -2.08. The maximum Gasteiger partial charge on any atom is 0.488 e. The van der Waals surface area contributed by atoms with Gasteiger partial charge in [-0.25, -0.2) is 15.0 Å². The summed E-state index contributed by atoms with van der Waals surface area (Å²) >= 11 is 0. The molecule has 0 spiro atoms. The first-order valence-electron chi connectivity index (χ1n) is 8.24. The second-order valence-corrected chi connectivity index (χ2v) is 5.79. The van der Waals surface area contributed by atoms with Crippen LogP contribution in [0.1, 0.15) is 0 Å². The molecular formula is C19H14BN5O2. The molecular weight excluding hydrogens is 341 g/mol. The van der Waals surface area contributed by atoms with Gasteiger partial charge in [-0.1, -0.05) is 24.3 Å². The Labute approximate surface area is 155 Å². The molecule has 0 unspecified atom stereocenters. The number of rotatable bonds is 4. The van der Waals surface area contributed by atoms with E-state index in [1.54, 1.807) is 49.1 Å². The third-order valence-corrected chi connectivity index (χ3v) is 3.94. The van der Waals surface area contributed by atoms with Gasteiger partial charge in [0.25, 0.3) is 0 Å². The monoisotopic (exact) mass is 355 g/mol. The molecule has 7 nitrogen and oxygen atoms in total. The molecule has 0 atom stereocenters. The molecule has 8 heteroatoms. The van der Waals surface area contributed by atoms with Crippen molar-refractivity contribution in [2.24, 2.45) is 0 Å². The van der Waals surface area contributed by atoms with Crippen molar-refractivity contribution in [3.63, 3.8) is 0 Å². The molecule has 0 aliphatic carbocycles. The van der Waals surface area contributed by atoms with E-state index in [0.29, 0.717) is 22.9 Å². The van der Waals surface area contributed by atoms with Crippen molar-refractivity contribution < 1.29 is 10.0 Å². The van der Waals surface area contributed by atoms with Gasteiger partial charge in [0.15, 0.2) is 17.5 Å². The Hall–Kier alpha value is -3.49. The van der Waals surface area contributed by atoms with E-state index >= 15 is 0 Å². The third-order valence-electron chi connectivity index (χ3n) is 3.94. The van der Waals surface area contributed by atoms with E-state index in [1.807, 2.05) is 24.3 Å². The molecule has 4 rings (SSSR count). The van der Waals surface area contributed by atoms with Crippen LogP contribution in [-0.2, 0) is 0 Å². The number of nitrogens with zero attached hydrogens (tertiary/aromatic N) is 5. The van der Waals surface area contributed by atoms with Crippen LogP contribution in [-0.4, -0.2) is 42.1 Å². The van der Waals surface area contributed by atoms with Crippen LogP contribution < -0.4 is 5.46 Å². The average Bonchev–Trinajstić information content (AvgIpc) is 2.75. The Morgan fingerprint density at radius 1 is 0.593 bits per heavy atom. The van der Waals surface area contributed by atoms with Crippen LogP contribution in [0.3, 0.4) is 0 Å². The van der Waals surface area contributed by atoms with E-state index < -0.39 is 7.12 Å². The highest BCUT2D eigenvalue weighted by atomic mass is 16.4. The Kier molecular flexibility index (Phi) is 4.65. The molecule has 27 heavy (non-hydrogen) atoms. The summed E-state index contributed by atoms with van der Waals surface area (Å²) in [6.45, 7) is 0. The summed E-state index contributed by atoms with van der Waals surface area (Å²) in [4.78, 5) is 22.0. The number of pyridine rings is 2. The van der Waals surface area contributed by atoms with Gasteiger partial charge >= 0.3 is 7.12 Å². The molecule has 2 N–H and O–H groups in total. The average molecular weight is 355 g/mol. The first-order chi connectivity index (χ1) is 13.2. The Morgan fingerprint density at radius 3 is 1.48 bits per heavy atom. The standard InChI is InChI=1S/C19H14BN5O2/c26-20(27)16-7-5-13(6-8-16)17-23-18(14-3-1-9-21-11-14)25-19(24-17)15-4-2-10-22-12-15/h1-12,26-27H. The van der Waals surface area contributed by atoms with Crippen molar-refractivity contribution in [3.8, 4) is 34.2 Å². The zero-order valence-corrected chi connectivity index (χ0v) is 14.1. The molecule has 0 bridgehead atoms. The lowest BCUT2D eigenvalue weighted by atomic mass is 9.80. The molecule has 0 aliphatic heterocycles. The summed E-state index contributed by atoms with van der Waals surface area (Å²) in [6.07, 6.45) is 6.76. The number of aromatic nitrogens is 5. The van der Waals surface area contributed by atoms with E-state index in [1.165, 1.54) is 0 Å². The van der Waals surface area contributed by atoms with Crippen molar-refractivity contribution >= 4 is 12.6 Å². The maximum absolute atomic E-state index is 9.27. The van der Waals surface area contributed by atoms with Crippen molar-refractivity contribution in [1.82, 2.24) is 24.9 Å². The van der Waals surface area contributed by atoms with Crippen LogP contribution in [0.4, 0.5) is 0 Å². The van der Waals surface area contributed by atoms with Gasteiger partial charge in [0.2, 0.25) is 0 Å². The predicted octanol–water partition coefficient (Wildman–Crippen LogP) is 1.34. The van der Waals surface area contributed by atoms with Crippen LogP contribution in [0.5, 0.6) is 0 Å². The minimum absolute atomic E-state index is 0.396. The van der Waals surface area contributed by atoms with Gasteiger partial charge in [0.05, 0.1) is 0 Å². The first-order valence-corrected chi connectivity index (χ1v) is 8.24. The highest BCUT2D eigenvalue weighted by Crippen LogP contribution is 2.23. The zero-order valence-electron chi connectivity index (χ0n) is 14.1. The van der Waals surface area contributed by atoms with Gasteiger partial charge in [-0.15, -0.1) is 0 Å². The van der Waals surface area contributed by atoms with Gasteiger partial charge in [0, 0.05) is 41.5 Å². The summed E-state index contributed by atoms with van der Waals surface area (Å²) in [5.74, 6) is 1.47. The number of hydrogen-bond acceptors (Lipinski definition) is 7. The molecule has 0 aliphatic rings. The van der Waals surface area contributed by atoms with Crippen LogP contribution in [0, 0.1) is 0 Å². The molecule has 0 fully saturated rings. The van der Waals surface area contributed by atoms with E-state index in [2.05, 4.69) is 24.9 Å². The van der Waals surface area contributed by atoms with Crippen molar-refractivity contribution in [3.05, 3.63) is 73.3 Å². The zero-order chi connectivity index (χ0) is 18.6. The highest BCUT2D eigenvalue weighted by Gasteiger charge is 2.14. The Bertz CT molecular complexity index is 987. The van der Waals surface area contributed by atoms with Crippen molar-refractivity contribution in [1.29, 1.82) is 0 Å². The lowest BCUT2D eigenvalue weighted by molar-refractivity contribution is 0.426. The number of benzene rings is 1. The topological polar surface area (TPSA) is 105 Å². The second-order valence-electron chi connectivity index (χ2n) is 5.79. The van der Waals surface area contributed by atoms with Gasteiger partial charge in [-0.2, -0.15) is 0 Å². The van der Waals surface area contributed by atoms with Gasteiger partial charge in [-0.3, -0.25) is 9.97 Å². The van der Waals surface area contributed by atoms with E-state index in [9.17, 15) is 10.0 Å². The van der Waals surface area contributed by atoms with Gasteiger partial charge < -0.3 is 10.0 Å². The maximum atomic E-state index is 9.27. The summed E-state index contributed by atoms with van der Waals surface area (Å²) in [6, 6.07) is 14.1. The Balaban J connectivity index is 1.85. The Morgan fingerprint density at radius 2 is 1.07 bits per heavy atom. The lowest BCUT2D eigenvalue weighted by Crippen LogP contribution is -2.29. The molecule has 3 aromatic heterocycles.